The lowest BCUT2D eigenvalue weighted by atomic mass is 10.4. The predicted octanol–water partition coefficient (Wildman–Crippen LogP) is 2.92. The Morgan fingerprint density at radius 2 is 1.83 bits per heavy atom. The highest BCUT2D eigenvalue weighted by atomic mass is 32.2. The molecule has 0 spiro atoms. The fourth-order valence-electron chi connectivity index (χ4n) is 0.937. The van der Waals surface area contributed by atoms with Gasteiger partial charge in [-0.2, -0.15) is 0 Å². The molecule has 1 aliphatic heterocycles. The summed E-state index contributed by atoms with van der Waals surface area (Å²) < 4.78 is 0. The summed E-state index contributed by atoms with van der Waals surface area (Å²) >= 11 is 2.88. The van der Waals surface area contributed by atoms with Crippen LogP contribution >= 0.6 is 23.5 Å². The third kappa shape index (κ3) is 1.57. The minimum atomic E-state index is 0.104. The van der Waals surface area contributed by atoms with Crippen LogP contribution in [-0.2, 0) is 4.79 Å². The summed E-state index contributed by atoms with van der Waals surface area (Å²) in [6.07, 6.45) is 1.61. The molecule has 1 heterocycles. The highest BCUT2D eigenvalue weighted by Crippen LogP contribution is 2.34. The standard InChI is InChI=1S/C9H6OS2/c10-9-5-6-11-7-3-1-2-4-8(7)12-9/h1-6H. The number of carbonyl (C=O) groups is 1. The van der Waals surface area contributed by atoms with Crippen molar-refractivity contribution in [1.82, 2.24) is 0 Å². The zero-order chi connectivity index (χ0) is 8.39. The number of hydrogen-bond acceptors (Lipinski definition) is 3. The quantitative estimate of drug-likeness (QED) is 0.632. The van der Waals surface area contributed by atoms with E-state index in [1.165, 1.54) is 11.8 Å². The van der Waals surface area contributed by atoms with Gasteiger partial charge in [0, 0.05) is 9.79 Å². The highest BCUT2D eigenvalue weighted by molar-refractivity contribution is 8.15. The van der Waals surface area contributed by atoms with Crippen LogP contribution in [0.15, 0.2) is 45.5 Å². The second kappa shape index (κ2) is 3.37. The van der Waals surface area contributed by atoms with Crippen LogP contribution in [0.2, 0.25) is 0 Å². The van der Waals surface area contributed by atoms with Gasteiger partial charge < -0.3 is 0 Å². The molecule has 0 saturated heterocycles. The summed E-state index contributed by atoms with van der Waals surface area (Å²) in [5.41, 5.74) is 0. The van der Waals surface area contributed by atoms with Gasteiger partial charge >= 0.3 is 0 Å². The first kappa shape index (κ1) is 7.95. The van der Waals surface area contributed by atoms with Crippen molar-refractivity contribution in [2.75, 3.05) is 0 Å². The van der Waals surface area contributed by atoms with Crippen molar-refractivity contribution in [2.45, 2.75) is 9.79 Å². The lowest BCUT2D eigenvalue weighted by molar-refractivity contribution is -0.107. The summed E-state index contributed by atoms with van der Waals surface area (Å²) in [5.74, 6) is 0. The monoisotopic (exact) mass is 194 g/mol. The van der Waals surface area contributed by atoms with E-state index >= 15 is 0 Å². The number of rotatable bonds is 0. The molecule has 0 radical (unpaired) electrons. The van der Waals surface area contributed by atoms with Crippen molar-refractivity contribution in [2.24, 2.45) is 0 Å². The van der Waals surface area contributed by atoms with Crippen molar-refractivity contribution in [3.8, 4) is 0 Å². The molecular formula is C9H6OS2. The summed E-state index contributed by atoms with van der Waals surface area (Å²) in [4.78, 5) is 13.3. The van der Waals surface area contributed by atoms with Gasteiger partial charge in [-0.05, 0) is 35.4 Å². The summed E-state index contributed by atoms with van der Waals surface area (Å²) in [5, 5.41) is 1.94. The van der Waals surface area contributed by atoms with Gasteiger partial charge in [0.15, 0.2) is 0 Å². The third-order valence-electron chi connectivity index (χ3n) is 1.46. The van der Waals surface area contributed by atoms with Crippen molar-refractivity contribution in [3.05, 3.63) is 35.7 Å². The molecule has 0 unspecified atom stereocenters. The zero-order valence-electron chi connectivity index (χ0n) is 6.19. The molecule has 0 atom stereocenters. The number of carbonyl (C=O) groups excluding carboxylic acids is 1. The van der Waals surface area contributed by atoms with E-state index in [1.807, 2.05) is 29.7 Å². The van der Waals surface area contributed by atoms with Gasteiger partial charge in [-0.1, -0.05) is 23.9 Å². The topological polar surface area (TPSA) is 17.1 Å². The van der Waals surface area contributed by atoms with Gasteiger partial charge in [-0.3, -0.25) is 4.79 Å². The van der Waals surface area contributed by atoms with E-state index < -0.39 is 0 Å². The van der Waals surface area contributed by atoms with Crippen LogP contribution in [0, 0.1) is 0 Å². The molecule has 60 valence electrons. The van der Waals surface area contributed by atoms with Crippen LogP contribution in [0.1, 0.15) is 0 Å². The number of benzene rings is 1. The van der Waals surface area contributed by atoms with Crippen molar-refractivity contribution < 1.29 is 4.79 Å². The van der Waals surface area contributed by atoms with Gasteiger partial charge in [0.1, 0.15) is 0 Å². The molecule has 0 amide bonds. The zero-order valence-corrected chi connectivity index (χ0v) is 7.82. The first-order valence-electron chi connectivity index (χ1n) is 3.50. The summed E-state index contributed by atoms with van der Waals surface area (Å²) in [6, 6.07) is 7.93. The van der Waals surface area contributed by atoms with Gasteiger partial charge in [0.05, 0.1) is 0 Å². The second-order valence-corrected chi connectivity index (χ2v) is 4.28. The second-order valence-electron chi connectivity index (χ2n) is 2.29. The molecular weight excluding hydrogens is 188 g/mol. The fraction of sp³-hybridized carbons (Fsp3) is 0. The Kier molecular flexibility index (Phi) is 2.23. The van der Waals surface area contributed by atoms with E-state index in [0.717, 1.165) is 9.79 Å². The largest absolute Gasteiger partial charge is 0.282 e. The number of hydrogen-bond donors (Lipinski definition) is 0. The van der Waals surface area contributed by atoms with Crippen LogP contribution in [-0.4, -0.2) is 5.12 Å². The van der Waals surface area contributed by atoms with Crippen LogP contribution in [0.4, 0.5) is 0 Å². The molecule has 3 heteroatoms. The van der Waals surface area contributed by atoms with E-state index in [4.69, 9.17) is 0 Å². The SMILES string of the molecule is O=C1C=CSc2ccccc2S1. The summed E-state index contributed by atoms with van der Waals surface area (Å²) in [6.45, 7) is 0. The van der Waals surface area contributed by atoms with E-state index in [-0.39, 0.29) is 5.12 Å². The van der Waals surface area contributed by atoms with Crippen LogP contribution in [0.3, 0.4) is 0 Å². The lowest BCUT2D eigenvalue weighted by Crippen LogP contribution is -1.82. The van der Waals surface area contributed by atoms with Crippen LogP contribution in [0.5, 0.6) is 0 Å². The van der Waals surface area contributed by atoms with E-state index in [1.54, 1.807) is 17.8 Å². The van der Waals surface area contributed by atoms with Crippen molar-refractivity contribution in [3.63, 3.8) is 0 Å². The molecule has 1 aliphatic rings. The van der Waals surface area contributed by atoms with E-state index in [0.29, 0.717) is 0 Å². The van der Waals surface area contributed by atoms with Crippen molar-refractivity contribution >= 4 is 28.6 Å². The highest BCUT2D eigenvalue weighted by Gasteiger charge is 2.08. The third-order valence-corrected chi connectivity index (χ3v) is 3.38. The maximum atomic E-state index is 11.1. The molecule has 0 aliphatic carbocycles. The molecule has 0 N–H and O–H groups in total. The normalized spacial score (nSPS) is 15.5. The maximum Gasteiger partial charge on any atom is 0.217 e. The Bertz CT molecular complexity index is 344. The predicted molar refractivity (Wildman–Crippen MR) is 52.3 cm³/mol. The Balaban J connectivity index is 2.44. The van der Waals surface area contributed by atoms with Gasteiger partial charge in [0.2, 0.25) is 5.12 Å². The molecule has 0 aromatic heterocycles. The van der Waals surface area contributed by atoms with E-state index in [2.05, 4.69) is 0 Å². The maximum absolute atomic E-state index is 11.1. The number of fused-ring (bicyclic) bond motifs is 1. The first-order chi connectivity index (χ1) is 5.86. The Hall–Kier alpha value is -0.670. The van der Waals surface area contributed by atoms with Gasteiger partial charge in [-0.15, -0.1) is 0 Å². The smallest absolute Gasteiger partial charge is 0.217 e. The van der Waals surface area contributed by atoms with Crippen molar-refractivity contribution in [1.29, 1.82) is 0 Å². The van der Waals surface area contributed by atoms with E-state index in [9.17, 15) is 4.79 Å². The lowest BCUT2D eigenvalue weighted by Gasteiger charge is -2.00. The Morgan fingerprint density at radius 1 is 1.08 bits per heavy atom. The molecule has 1 aromatic rings. The average molecular weight is 194 g/mol. The Morgan fingerprint density at radius 3 is 2.67 bits per heavy atom. The molecule has 0 fully saturated rings. The molecule has 1 nitrogen and oxygen atoms in total. The average Bonchev–Trinajstić information content (AvgIpc) is 2.25. The summed E-state index contributed by atoms with van der Waals surface area (Å²) in [7, 11) is 0. The molecule has 2 rings (SSSR count). The minimum Gasteiger partial charge on any atom is -0.282 e. The van der Waals surface area contributed by atoms with Gasteiger partial charge in [-0.25, -0.2) is 0 Å². The van der Waals surface area contributed by atoms with Gasteiger partial charge in [0.25, 0.3) is 0 Å². The molecule has 12 heavy (non-hydrogen) atoms. The minimum absolute atomic E-state index is 0.104. The van der Waals surface area contributed by atoms with Crippen LogP contribution < -0.4 is 0 Å². The first-order valence-corrected chi connectivity index (χ1v) is 5.20. The fourth-order valence-corrected chi connectivity index (χ4v) is 2.64. The number of thioether (sulfide) groups is 2. The molecule has 0 bridgehead atoms. The molecule has 0 saturated carbocycles. The van der Waals surface area contributed by atoms with Crippen LogP contribution in [0.25, 0.3) is 0 Å². The Labute approximate surface area is 79.2 Å². The molecule has 1 aromatic carbocycles.